The standard InChI is InChI=1S/C23H29N3O3/c1-15(2)14-21(25-17(4)27)23(29)26-20-13-9-8-12-19(20)22(28)24-16(3)18-10-6-5-7-11-18/h5-13,15-16,21H,14H2,1-4H3,(H,24,28)(H,25,27)(H,26,29)/t16?,21-/m0/s1. The number of para-hydroxylation sites is 1. The molecule has 0 aromatic heterocycles. The molecule has 2 rings (SSSR count). The highest BCUT2D eigenvalue weighted by Crippen LogP contribution is 2.19. The molecule has 0 saturated heterocycles. The number of rotatable bonds is 8. The lowest BCUT2D eigenvalue weighted by Gasteiger charge is -2.21. The molecule has 0 fully saturated rings. The van der Waals surface area contributed by atoms with Crippen molar-refractivity contribution in [1.82, 2.24) is 10.6 Å². The summed E-state index contributed by atoms with van der Waals surface area (Å²) in [4.78, 5) is 37.0. The first-order valence-corrected chi connectivity index (χ1v) is 9.80. The van der Waals surface area contributed by atoms with Crippen molar-refractivity contribution in [2.75, 3.05) is 5.32 Å². The number of hydrogen-bond donors (Lipinski definition) is 3. The summed E-state index contributed by atoms with van der Waals surface area (Å²) in [5, 5.41) is 8.44. The predicted octanol–water partition coefficient (Wildman–Crippen LogP) is 3.67. The van der Waals surface area contributed by atoms with Gasteiger partial charge in [-0.15, -0.1) is 0 Å². The second kappa shape index (κ2) is 10.4. The summed E-state index contributed by atoms with van der Waals surface area (Å²) in [6, 6.07) is 15.7. The van der Waals surface area contributed by atoms with Crippen molar-refractivity contribution in [3.8, 4) is 0 Å². The molecule has 29 heavy (non-hydrogen) atoms. The Bertz CT molecular complexity index is 849. The first-order valence-electron chi connectivity index (χ1n) is 9.80. The number of benzene rings is 2. The van der Waals surface area contributed by atoms with E-state index in [1.165, 1.54) is 6.92 Å². The van der Waals surface area contributed by atoms with E-state index in [0.29, 0.717) is 17.7 Å². The number of anilines is 1. The SMILES string of the molecule is CC(=O)N[C@@H](CC(C)C)C(=O)Nc1ccccc1C(=O)NC(C)c1ccccc1. The van der Waals surface area contributed by atoms with Crippen molar-refractivity contribution in [3.05, 3.63) is 65.7 Å². The van der Waals surface area contributed by atoms with Crippen LogP contribution in [0.5, 0.6) is 0 Å². The van der Waals surface area contributed by atoms with Crippen molar-refractivity contribution >= 4 is 23.4 Å². The zero-order valence-corrected chi connectivity index (χ0v) is 17.4. The quantitative estimate of drug-likeness (QED) is 0.637. The maximum Gasteiger partial charge on any atom is 0.253 e. The van der Waals surface area contributed by atoms with Crippen molar-refractivity contribution < 1.29 is 14.4 Å². The van der Waals surface area contributed by atoms with E-state index >= 15 is 0 Å². The minimum absolute atomic E-state index is 0.180. The zero-order chi connectivity index (χ0) is 21.4. The van der Waals surface area contributed by atoms with E-state index in [1.807, 2.05) is 51.1 Å². The maximum absolute atomic E-state index is 12.8. The number of nitrogens with one attached hydrogen (secondary N) is 3. The van der Waals surface area contributed by atoms with Gasteiger partial charge < -0.3 is 16.0 Å². The van der Waals surface area contributed by atoms with Gasteiger partial charge in [0.05, 0.1) is 17.3 Å². The molecular formula is C23H29N3O3. The highest BCUT2D eigenvalue weighted by molar-refractivity contribution is 6.05. The lowest BCUT2D eigenvalue weighted by atomic mass is 10.0. The molecular weight excluding hydrogens is 366 g/mol. The lowest BCUT2D eigenvalue weighted by Crippen LogP contribution is -2.44. The first kappa shape index (κ1) is 22.1. The number of carbonyl (C=O) groups excluding carboxylic acids is 3. The highest BCUT2D eigenvalue weighted by atomic mass is 16.2. The van der Waals surface area contributed by atoms with Gasteiger partial charge in [-0.1, -0.05) is 56.3 Å². The van der Waals surface area contributed by atoms with Crippen LogP contribution in [0.3, 0.4) is 0 Å². The van der Waals surface area contributed by atoms with E-state index in [9.17, 15) is 14.4 Å². The molecule has 0 saturated carbocycles. The summed E-state index contributed by atoms with van der Waals surface area (Å²) in [6.07, 6.45) is 0.505. The van der Waals surface area contributed by atoms with Gasteiger partial charge in [0.2, 0.25) is 11.8 Å². The average molecular weight is 396 g/mol. The maximum atomic E-state index is 12.8. The number of hydrogen-bond acceptors (Lipinski definition) is 3. The molecule has 3 amide bonds. The summed E-state index contributed by atoms with van der Waals surface area (Å²) in [5.41, 5.74) is 1.77. The van der Waals surface area contributed by atoms with Crippen LogP contribution in [-0.2, 0) is 9.59 Å². The van der Waals surface area contributed by atoms with Crippen LogP contribution in [0, 0.1) is 5.92 Å². The Morgan fingerprint density at radius 2 is 1.48 bits per heavy atom. The van der Waals surface area contributed by atoms with Crippen LogP contribution < -0.4 is 16.0 Å². The van der Waals surface area contributed by atoms with Crippen molar-refractivity contribution in [3.63, 3.8) is 0 Å². The topological polar surface area (TPSA) is 87.3 Å². The lowest BCUT2D eigenvalue weighted by molar-refractivity contribution is -0.125. The van der Waals surface area contributed by atoms with Gasteiger partial charge in [0, 0.05) is 6.92 Å². The molecule has 3 N–H and O–H groups in total. The monoisotopic (exact) mass is 395 g/mol. The molecule has 0 radical (unpaired) electrons. The molecule has 2 atom stereocenters. The van der Waals surface area contributed by atoms with Crippen LogP contribution >= 0.6 is 0 Å². The van der Waals surface area contributed by atoms with E-state index in [2.05, 4.69) is 16.0 Å². The van der Waals surface area contributed by atoms with Gasteiger partial charge in [0.15, 0.2) is 0 Å². The summed E-state index contributed by atoms with van der Waals surface area (Å²) in [5.74, 6) is -0.668. The van der Waals surface area contributed by atoms with Crippen molar-refractivity contribution in [2.45, 2.75) is 46.2 Å². The van der Waals surface area contributed by atoms with Crippen LogP contribution in [0.2, 0.25) is 0 Å². The van der Waals surface area contributed by atoms with Gasteiger partial charge >= 0.3 is 0 Å². The van der Waals surface area contributed by atoms with Gasteiger partial charge in [-0.05, 0) is 37.0 Å². The Morgan fingerprint density at radius 3 is 2.10 bits per heavy atom. The van der Waals surface area contributed by atoms with Crippen LogP contribution in [0.25, 0.3) is 0 Å². The van der Waals surface area contributed by atoms with Gasteiger partial charge in [0.25, 0.3) is 5.91 Å². The third-order valence-electron chi connectivity index (χ3n) is 4.48. The van der Waals surface area contributed by atoms with Crippen LogP contribution in [0.15, 0.2) is 54.6 Å². The van der Waals surface area contributed by atoms with Gasteiger partial charge in [-0.3, -0.25) is 14.4 Å². The third-order valence-corrected chi connectivity index (χ3v) is 4.48. The Balaban J connectivity index is 2.15. The smallest absolute Gasteiger partial charge is 0.253 e. The molecule has 0 spiro atoms. The fourth-order valence-electron chi connectivity index (χ4n) is 3.06. The van der Waals surface area contributed by atoms with Crippen LogP contribution in [0.1, 0.15) is 56.1 Å². The summed E-state index contributed by atoms with van der Waals surface area (Å²) < 4.78 is 0. The highest BCUT2D eigenvalue weighted by Gasteiger charge is 2.23. The molecule has 0 heterocycles. The summed E-state index contributed by atoms with van der Waals surface area (Å²) >= 11 is 0. The molecule has 0 aliphatic rings. The Kier molecular flexibility index (Phi) is 7.95. The summed E-state index contributed by atoms with van der Waals surface area (Å²) in [7, 11) is 0. The van der Waals surface area contributed by atoms with Gasteiger partial charge in [0.1, 0.15) is 6.04 Å². The Morgan fingerprint density at radius 1 is 0.862 bits per heavy atom. The molecule has 2 aromatic rings. The van der Waals surface area contributed by atoms with Crippen molar-refractivity contribution in [1.29, 1.82) is 0 Å². The molecule has 0 aliphatic carbocycles. The molecule has 0 aliphatic heterocycles. The average Bonchev–Trinajstić information content (AvgIpc) is 2.67. The Hall–Kier alpha value is -3.15. The van der Waals surface area contributed by atoms with E-state index in [-0.39, 0.29) is 29.7 Å². The van der Waals surface area contributed by atoms with Gasteiger partial charge in [-0.2, -0.15) is 0 Å². The van der Waals surface area contributed by atoms with Crippen LogP contribution in [-0.4, -0.2) is 23.8 Å². The first-order chi connectivity index (χ1) is 13.8. The minimum atomic E-state index is -0.660. The summed E-state index contributed by atoms with van der Waals surface area (Å²) in [6.45, 7) is 7.25. The molecule has 154 valence electrons. The second-order valence-electron chi connectivity index (χ2n) is 7.52. The van der Waals surface area contributed by atoms with E-state index in [1.54, 1.807) is 24.3 Å². The van der Waals surface area contributed by atoms with Crippen molar-refractivity contribution in [2.24, 2.45) is 5.92 Å². The zero-order valence-electron chi connectivity index (χ0n) is 17.4. The predicted molar refractivity (Wildman–Crippen MR) is 114 cm³/mol. The van der Waals surface area contributed by atoms with E-state index in [4.69, 9.17) is 0 Å². The van der Waals surface area contributed by atoms with E-state index < -0.39 is 6.04 Å². The largest absolute Gasteiger partial charge is 0.345 e. The molecule has 1 unspecified atom stereocenters. The Labute approximate surface area is 172 Å². The van der Waals surface area contributed by atoms with Crippen LogP contribution in [0.4, 0.5) is 5.69 Å². The van der Waals surface area contributed by atoms with Gasteiger partial charge in [-0.25, -0.2) is 0 Å². The normalized spacial score (nSPS) is 12.7. The molecule has 6 heteroatoms. The third kappa shape index (κ3) is 6.75. The second-order valence-corrected chi connectivity index (χ2v) is 7.52. The minimum Gasteiger partial charge on any atom is -0.345 e. The number of carbonyl (C=O) groups is 3. The van der Waals surface area contributed by atoms with E-state index in [0.717, 1.165) is 5.56 Å². The fraction of sp³-hybridized carbons (Fsp3) is 0.348. The molecule has 6 nitrogen and oxygen atoms in total. The number of amides is 3. The molecule has 0 bridgehead atoms. The molecule has 2 aromatic carbocycles. The fourth-order valence-corrected chi connectivity index (χ4v) is 3.06.